The summed E-state index contributed by atoms with van der Waals surface area (Å²) in [5, 5.41) is 14.6. The number of aromatic nitrogens is 2. The molecular weight excluding hydrogens is 134 g/mol. The molecule has 0 amide bonds. The summed E-state index contributed by atoms with van der Waals surface area (Å²) in [6.45, 7) is -0.184. The standard InChI is InChI=1S/C5H5N3O2/c9-2-4-1-7-8-5(4)6-3-10/h1,9H,2H2,(H,7,8). The van der Waals surface area contributed by atoms with Crippen molar-refractivity contribution >= 4 is 11.9 Å². The summed E-state index contributed by atoms with van der Waals surface area (Å²) in [4.78, 5) is 13.0. The van der Waals surface area contributed by atoms with Crippen molar-refractivity contribution in [3.8, 4) is 0 Å². The van der Waals surface area contributed by atoms with Crippen molar-refractivity contribution in [1.82, 2.24) is 10.2 Å². The lowest BCUT2D eigenvalue weighted by atomic mass is 10.3. The molecule has 1 aromatic rings. The molecule has 2 N–H and O–H groups in total. The normalized spacial score (nSPS) is 8.90. The molecule has 0 aliphatic heterocycles. The van der Waals surface area contributed by atoms with E-state index in [0.717, 1.165) is 0 Å². The Balaban J connectivity index is 3.00. The van der Waals surface area contributed by atoms with Crippen LogP contribution >= 0.6 is 0 Å². The highest BCUT2D eigenvalue weighted by molar-refractivity contribution is 5.47. The quantitative estimate of drug-likeness (QED) is 0.442. The summed E-state index contributed by atoms with van der Waals surface area (Å²) in [5.41, 5.74) is 0.489. The largest absolute Gasteiger partial charge is 0.391 e. The van der Waals surface area contributed by atoms with Crippen molar-refractivity contribution in [2.45, 2.75) is 6.61 Å². The number of hydrogen-bond acceptors (Lipinski definition) is 4. The lowest BCUT2D eigenvalue weighted by molar-refractivity contribution is 0.282. The van der Waals surface area contributed by atoms with E-state index in [1.807, 2.05) is 0 Å². The van der Waals surface area contributed by atoms with Gasteiger partial charge in [-0.05, 0) is 0 Å². The van der Waals surface area contributed by atoms with Crippen LogP contribution in [0.4, 0.5) is 5.82 Å². The van der Waals surface area contributed by atoms with Gasteiger partial charge in [-0.25, -0.2) is 4.79 Å². The third-order valence-corrected chi connectivity index (χ3v) is 1.02. The van der Waals surface area contributed by atoms with Gasteiger partial charge in [0.25, 0.3) is 0 Å². The second-order valence-corrected chi connectivity index (χ2v) is 1.61. The lowest BCUT2D eigenvalue weighted by Crippen LogP contribution is -1.77. The Hall–Kier alpha value is -1.45. The van der Waals surface area contributed by atoms with E-state index in [1.165, 1.54) is 12.3 Å². The first kappa shape index (κ1) is 6.67. The van der Waals surface area contributed by atoms with Crippen LogP contribution in [0.1, 0.15) is 5.56 Å². The van der Waals surface area contributed by atoms with E-state index in [0.29, 0.717) is 5.56 Å². The molecule has 0 fully saturated rings. The first-order valence-electron chi connectivity index (χ1n) is 2.59. The third-order valence-electron chi connectivity index (χ3n) is 1.02. The summed E-state index contributed by atoms with van der Waals surface area (Å²) in [6, 6.07) is 0. The van der Waals surface area contributed by atoms with Gasteiger partial charge in [0.2, 0.25) is 6.08 Å². The molecule has 5 heteroatoms. The molecule has 1 heterocycles. The van der Waals surface area contributed by atoms with Crippen molar-refractivity contribution < 1.29 is 9.90 Å². The van der Waals surface area contributed by atoms with Crippen molar-refractivity contribution in [3.63, 3.8) is 0 Å². The van der Waals surface area contributed by atoms with Gasteiger partial charge in [0.05, 0.1) is 12.8 Å². The van der Waals surface area contributed by atoms with Gasteiger partial charge in [-0.3, -0.25) is 5.10 Å². The Morgan fingerprint density at radius 2 is 2.70 bits per heavy atom. The van der Waals surface area contributed by atoms with Crippen molar-refractivity contribution in [2.24, 2.45) is 4.99 Å². The molecule has 0 saturated heterocycles. The van der Waals surface area contributed by atoms with Gasteiger partial charge in [-0.1, -0.05) is 0 Å². The second-order valence-electron chi connectivity index (χ2n) is 1.61. The fourth-order valence-electron chi connectivity index (χ4n) is 0.562. The van der Waals surface area contributed by atoms with Gasteiger partial charge in [-0.2, -0.15) is 5.10 Å². The van der Waals surface area contributed by atoms with Gasteiger partial charge in [0.1, 0.15) is 0 Å². The molecule has 1 rings (SSSR count). The summed E-state index contributed by atoms with van der Waals surface area (Å²) in [5.74, 6) is 0.262. The predicted molar refractivity (Wildman–Crippen MR) is 32.3 cm³/mol. The molecule has 0 aliphatic carbocycles. The summed E-state index contributed by atoms with van der Waals surface area (Å²) < 4.78 is 0. The number of aliphatic hydroxyl groups excluding tert-OH is 1. The maximum absolute atomic E-state index is 9.72. The molecule has 0 atom stereocenters. The summed E-state index contributed by atoms with van der Waals surface area (Å²) in [7, 11) is 0. The minimum absolute atomic E-state index is 0.184. The molecule has 0 radical (unpaired) electrons. The predicted octanol–water partition coefficient (Wildman–Crippen LogP) is -0.131. The number of aromatic amines is 1. The van der Waals surface area contributed by atoms with E-state index in [9.17, 15) is 4.79 Å². The zero-order valence-corrected chi connectivity index (χ0v) is 5.03. The Morgan fingerprint density at radius 3 is 3.30 bits per heavy atom. The van der Waals surface area contributed by atoms with E-state index in [1.54, 1.807) is 0 Å². The first-order chi connectivity index (χ1) is 4.88. The van der Waals surface area contributed by atoms with E-state index in [4.69, 9.17) is 5.11 Å². The van der Waals surface area contributed by atoms with Crippen LogP contribution in [0.15, 0.2) is 11.2 Å². The zero-order valence-electron chi connectivity index (χ0n) is 5.03. The van der Waals surface area contributed by atoms with E-state index < -0.39 is 0 Å². The molecule has 0 aromatic carbocycles. The molecule has 0 unspecified atom stereocenters. The molecular formula is C5H5N3O2. The molecule has 1 aromatic heterocycles. The topological polar surface area (TPSA) is 78.3 Å². The number of aliphatic imine (C=N–C) groups is 1. The number of hydrogen-bond donors (Lipinski definition) is 2. The second kappa shape index (κ2) is 2.91. The van der Waals surface area contributed by atoms with Gasteiger partial charge >= 0.3 is 0 Å². The fraction of sp³-hybridized carbons (Fsp3) is 0.200. The molecule has 52 valence electrons. The van der Waals surface area contributed by atoms with Crippen LogP contribution in [0.25, 0.3) is 0 Å². The summed E-state index contributed by atoms with van der Waals surface area (Å²) >= 11 is 0. The highest BCUT2D eigenvalue weighted by Gasteiger charge is 1.99. The van der Waals surface area contributed by atoms with Crippen LogP contribution in [0, 0.1) is 0 Å². The van der Waals surface area contributed by atoms with E-state index in [2.05, 4.69) is 15.2 Å². The Bertz CT molecular complexity index is 262. The Labute approximate surface area is 56.4 Å². The molecule has 0 bridgehead atoms. The van der Waals surface area contributed by atoms with Crippen molar-refractivity contribution in [3.05, 3.63) is 11.8 Å². The van der Waals surface area contributed by atoms with Crippen LogP contribution in [-0.2, 0) is 11.4 Å². The van der Waals surface area contributed by atoms with Crippen LogP contribution in [0.5, 0.6) is 0 Å². The number of nitrogens with one attached hydrogen (secondary N) is 1. The zero-order chi connectivity index (χ0) is 7.40. The highest BCUT2D eigenvalue weighted by Crippen LogP contribution is 2.12. The Kier molecular flexibility index (Phi) is 1.94. The monoisotopic (exact) mass is 139 g/mol. The third kappa shape index (κ3) is 1.10. The van der Waals surface area contributed by atoms with Crippen LogP contribution < -0.4 is 0 Å². The van der Waals surface area contributed by atoms with Gasteiger partial charge in [0, 0.05) is 5.56 Å². The van der Waals surface area contributed by atoms with Crippen molar-refractivity contribution in [2.75, 3.05) is 0 Å². The minimum atomic E-state index is -0.184. The molecule has 5 nitrogen and oxygen atoms in total. The van der Waals surface area contributed by atoms with E-state index >= 15 is 0 Å². The number of carbonyl (C=O) groups excluding carboxylic acids is 1. The minimum Gasteiger partial charge on any atom is -0.391 e. The van der Waals surface area contributed by atoms with Crippen LogP contribution in [0.2, 0.25) is 0 Å². The number of isocyanates is 1. The lowest BCUT2D eigenvalue weighted by Gasteiger charge is -1.85. The van der Waals surface area contributed by atoms with Crippen LogP contribution in [-0.4, -0.2) is 21.4 Å². The number of aliphatic hydroxyl groups is 1. The smallest absolute Gasteiger partial charge is 0.242 e. The number of H-pyrrole nitrogens is 1. The van der Waals surface area contributed by atoms with Gasteiger partial charge in [-0.15, -0.1) is 4.99 Å². The number of rotatable bonds is 2. The van der Waals surface area contributed by atoms with Gasteiger partial charge in [0.15, 0.2) is 5.82 Å². The highest BCUT2D eigenvalue weighted by atomic mass is 16.3. The Morgan fingerprint density at radius 1 is 1.90 bits per heavy atom. The SMILES string of the molecule is O=C=Nc1[nH]ncc1CO. The molecule has 10 heavy (non-hydrogen) atoms. The molecule has 0 aliphatic rings. The van der Waals surface area contributed by atoms with E-state index in [-0.39, 0.29) is 12.4 Å². The van der Waals surface area contributed by atoms with Crippen molar-refractivity contribution in [1.29, 1.82) is 0 Å². The number of nitrogens with zero attached hydrogens (tertiary/aromatic N) is 2. The fourth-order valence-corrected chi connectivity index (χ4v) is 0.562. The summed E-state index contributed by atoms with van der Waals surface area (Å²) in [6.07, 6.45) is 2.74. The molecule has 0 spiro atoms. The average molecular weight is 139 g/mol. The average Bonchev–Trinajstić information content (AvgIpc) is 2.36. The maximum Gasteiger partial charge on any atom is 0.242 e. The maximum atomic E-state index is 9.72. The van der Waals surface area contributed by atoms with Crippen LogP contribution in [0.3, 0.4) is 0 Å². The molecule has 0 saturated carbocycles. The first-order valence-corrected chi connectivity index (χ1v) is 2.59. The van der Waals surface area contributed by atoms with Gasteiger partial charge < -0.3 is 5.11 Å².